The normalized spacial score (nSPS) is 10.4. The topological polar surface area (TPSA) is 15.3 Å². The first kappa shape index (κ1) is 15.3. The molecule has 0 amide bonds. The summed E-state index contributed by atoms with van der Waals surface area (Å²) in [5.74, 6) is 0. The van der Waals surface area contributed by atoms with E-state index in [0.717, 1.165) is 16.9 Å². The van der Waals surface area contributed by atoms with Gasteiger partial charge in [-0.25, -0.2) is 0 Å². The van der Waals surface area contributed by atoms with Crippen LogP contribution in [0.1, 0.15) is 5.56 Å². The largest absolute Gasteiger partial charge is 0.381 e. The van der Waals surface area contributed by atoms with Crippen molar-refractivity contribution in [1.29, 1.82) is 0 Å². The molecule has 5 heteroatoms. The Hall–Kier alpha value is -1.09. The van der Waals surface area contributed by atoms with Crippen LogP contribution >= 0.6 is 34.8 Å². The van der Waals surface area contributed by atoms with E-state index in [1.54, 1.807) is 6.07 Å². The molecule has 106 valence electrons. The molecule has 2 aromatic carbocycles. The molecular weight excluding hydrogens is 315 g/mol. The molecular formula is C15H15Cl3N2. The monoisotopic (exact) mass is 328 g/mol. The quantitative estimate of drug-likeness (QED) is 0.816. The maximum Gasteiger partial charge on any atom is 0.0659 e. The lowest BCUT2D eigenvalue weighted by molar-refractivity contribution is 1.12. The molecule has 0 saturated heterocycles. The van der Waals surface area contributed by atoms with Crippen molar-refractivity contribution in [3.63, 3.8) is 0 Å². The molecule has 2 rings (SSSR count). The van der Waals surface area contributed by atoms with E-state index in [2.05, 4.69) is 5.32 Å². The zero-order valence-electron chi connectivity index (χ0n) is 11.3. The number of nitrogens with zero attached hydrogens (tertiary/aromatic N) is 1. The third kappa shape index (κ3) is 3.72. The summed E-state index contributed by atoms with van der Waals surface area (Å²) >= 11 is 18.1. The fourth-order valence-electron chi connectivity index (χ4n) is 1.83. The average molecular weight is 330 g/mol. The second-order valence-corrected chi connectivity index (χ2v) is 5.88. The number of hydrogen-bond donors (Lipinski definition) is 1. The van der Waals surface area contributed by atoms with Crippen LogP contribution in [0.4, 0.5) is 11.4 Å². The van der Waals surface area contributed by atoms with Gasteiger partial charge in [0.05, 0.1) is 20.8 Å². The molecule has 0 radical (unpaired) electrons. The van der Waals surface area contributed by atoms with E-state index in [0.29, 0.717) is 21.6 Å². The number of halogens is 3. The summed E-state index contributed by atoms with van der Waals surface area (Å²) < 4.78 is 0. The molecule has 0 aliphatic rings. The molecule has 2 nitrogen and oxygen atoms in total. The molecule has 0 aromatic heterocycles. The van der Waals surface area contributed by atoms with Crippen LogP contribution in [0.5, 0.6) is 0 Å². The van der Waals surface area contributed by atoms with Crippen LogP contribution in [0.25, 0.3) is 0 Å². The van der Waals surface area contributed by atoms with Crippen LogP contribution in [-0.2, 0) is 6.54 Å². The lowest BCUT2D eigenvalue weighted by atomic mass is 10.2. The van der Waals surface area contributed by atoms with E-state index in [4.69, 9.17) is 34.8 Å². The van der Waals surface area contributed by atoms with E-state index in [-0.39, 0.29) is 0 Å². The molecule has 0 bridgehead atoms. The molecule has 0 fully saturated rings. The Bertz CT molecular complexity index is 612. The van der Waals surface area contributed by atoms with Crippen LogP contribution in [0.15, 0.2) is 36.4 Å². The fraction of sp³-hybridized carbons (Fsp3) is 0.200. The molecule has 2 aromatic rings. The van der Waals surface area contributed by atoms with Gasteiger partial charge in [-0.15, -0.1) is 0 Å². The second-order valence-electron chi connectivity index (χ2n) is 4.66. The van der Waals surface area contributed by atoms with Crippen LogP contribution < -0.4 is 10.2 Å². The van der Waals surface area contributed by atoms with Gasteiger partial charge in [0.15, 0.2) is 0 Å². The number of benzene rings is 2. The van der Waals surface area contributed by atoms with Crippen LogP contribution in [0.3, 0.4) is 0 Å². The Morgan fingerprint density at radius 2 is 1.65 bits per heavy atom. The molecule has 0 aliphatic heterocycles. The standard InChI is InChI=1S/C15H15Cl3N2/c1-20(2)15-6-4-11(8-14(15)18)19-9-10-3-5-12(16)13(17)7-10/h3-8,19H,9H2,1-2H3. The Morgan fingerprint density at radius 3 is 2.25 bits per heavy atom. The summed E-state index contributed by atoms with van der Waals surface area (Å²) in [5, 5.41) is 5.15. The highest BCUT2D eigenvalue weighted by Crippen LogP contribution is 2.28. The summed E-state index contributed by atoms with van der Waals surface area (Å²) in [6.45, 7) is 0.661. The first-order valence-electron chi connectivity index (χ1n) is 6.12. The Labute approximate surface area is 134 Å². The van der Waals surface area contributed by atoms with Gasteiger partial charge >= 0.3 is 0 Å². The predicted molar refractivity (Wildman–Crippen MR) is 89.6 cm³/mol. The number of hydrogen-bond acceptors (Lipinski definition) is 2. The van der Waals surface area contributed by atoms with Crippen molar-refractivity contribution in [2.24, 2.45) is 0 Å². The van der Waals surface area contributed by atoms with E-state index in [1.807, 2.05) is 49.3 Å². The molecule has 0 unspecified atom stereocenters. The number of rotatable bonds is 4. The van der Waals surface area contributed by atoms with Gasteiger partial charge in [0.25, 0.3) is 0 Å². The van der Waals surface area contributed by atoms with E-state index >= 15 is 0 Å². The molecule has 1 N–H and O–H groups in total. The van der Waals surface area contributed by atoms with Gasteiger partial charge in [0.1, 0.15) is 0 Å². The predicted octanol–water partition coefficient (Wildman–Crippen LogP) is 5.32. The lowest BCUT2D eigenvalue weighted by Gasteiger charge is -2.15. The SMILES string of the molecule is CN(C)c1ccc(NCc2ccc(Cl)c(Cl)c2)cc1Cl. The Balaban J connectivity index is 2.07. The highest BCUT2D eigenvalue weighted by Gasteiger charge is 2.04. The fourth-order valence-corrected chi connectivity index (χ4v) is 2.50. The first-order chi connectivity index (χ1) is 9.47. The maximum atomic E-state index is 6.23. The lowest BCUT2D eigenvalue weighted by Crippen LogP contribution is -2.09. The molecule has 0 spiro atoms. The van der Waals surface area contributed by atoms with Gasteiger partial charge in [-0.2, -0.15) is 0 Å². The zero-order chi connectivity index (χ0) is 14.7. The van der Waals surface area contributed by atoms with Crippen LogP contribution in [-0.4, -0.2) is 14.1 Å². The van der Waals surface area contributed by atoms with Gasteiger partial charge in [-0.05, 0) is 35.9 Å². The summed E-state index contributed by atoms with van der Waals surface area (Å²) in [4.78, 5) is 1.98. The highest BCUT2D eigenvalue weighted by molar-refractivity contribution is 6.42. The smallest absolute Gasteiger partial charge is 0.0659 e. The van der Waals surface area contributed by atoms with Gasteiger partial charge in [-0.1, -0.05) is 40.9 Å². The maximum absolute atomic E-state index is 6.23. The van der Waals surface area contributed by atoms with Crippen LogP contribution in [0.2, 0.25) is 15.1 Å². The Morgan fingerprint density at radius 1 is 0.900 bits per heavy atom. The summed E-state index contributed by atoms with van der Waals surface area (Å²) in [7, 11) is 3.92. The van der Waals surface area contributed by atoms with Crippen LogP contribution in [0, 0.1) is 0 Å². The van der Waals surface area contributed by atoms with Crippen molar-refractivity contribution in [3.05, 3.63) is 57.0 Å². The van der Waals surface area contributed by atoms with Crippen molar-refractivity contribution in [1.82, 2.24) is 0 Å². The van der Waals surface area contributed by atoms with Crippen molar-refractivity contribution < 1.29 is 0 Å². The number of nitrogens with one attached hydrogen (secondary N) is 1. The Kier molecular flexibility index (Phi) is 5.03. The summed E-state index contributed by atoms with van der Waals surface area (Å²) in [5.41, 5.74) is 3.02. The van der Waals surface area contributed by atoms with Gasteiger partial charge in [0.2, 0.25) is 0 Å². The van der Waals surface area contributed by atoms with Gasteiger partial charge in [0, 0.05) is 26.3 Å². The molecule has 20 heavy (non-hydrogen) atoms. The second kappa shape index (κ2) is 6.57. The van der Waals surface area contributed by atoms with E-state index in [9.17, 15) is 0 Å². The average Bonchev–Trinajstić information content (AvgIpc) is 2.40. The molecule has 0 heterocycles. The van der Waals surface area contributed by atoms with Gasteiger partial charge < -0.3 is 10.2 Å². The summed E-state index contributed by atoms with van der Waals surface area (Å²) in [6, 6.07) is 11.5. The minimum Gasteiger partial charge on any atom is -0.381 e. The summed E-state index contributed by atoms with van der Waals surface area (Å²) in [6.07, 6.45) is 0. The highest BCUT2D eigenvalue weighted by atomic mass is 35.5. The third-order valence-electron chi connectivity index (χ3n) is 2.91. The molecule has 0 aliphatic carbocycles. The van der Waals surface area contributed by atoms with Gasteiger partial charge in [-0.3, -0.25) is 0 Å². The molecule has 0 atom stereocenters. The molecule has 0 saturated carbocycles. The minimum absolute atomic E-state index is 0.562. The van der Waals surface area contributed by atoms with Crippen molar-refractivity contribution in [2.45, 2.75) is 6.54 Å². The zero-order valence-corrected chi connectivity index (χ0v) is 13.5. The minimum atomic E-state index is 0.562. The van der Waals surface area contributed by atoms with Crippen molar-refractivity contribution in [2.75, 3.05) is 24.3 Å². The third-order valence-corrected chi connectivity index (χ3v) is 3.95. The number of anilines is 2. The van der Waals surface area contributed by atoms with Crippen molar-refractivity contribution in [3.8, 4) is 0 Å². The van der Waals surface area contributed by atoms with E-state index in [1.165, 1.54) is 0 Å². The first-order valence-corrected chi connectivity index (χ1v) is 7.25. The van der Waals surface area contributed by atoms with E-state index < -0.39 is 0 Å². The van der Waals surface area contributed by atoms with Crippen molar-refractivity contribution >= 4 is 46.2 Å².